The highest BCUT2D eigenvalue weighted by Crippen LogP contribution is 2.32. The van der Waals surface area contributed by atoms with Crippen LogP contribution in [0.1, 0.15) is 16.7 Å². The zero-order chi connectivity index (χ0) is 26.4. The molecule has 1 aliphatic rings. The lowest BCUT2D eigenvalue weighted by Gasteiger charge is -2.12. The molecule has 1 saturated heterocycles. The van der Waals surface area contributed by atoms with E-state index in [1.54, 1.807) is 48.5 Å². The quantitative estimate of drug-likeness (QED) is 0.409. The van der Waals surface area contributed by atoms with Crippen molar-refractivity contribution >= 4 is 52.2 Å². The molecule has 3 aromatic rings. The number of carbonyl (C=O) groups excluding carboxylic acids is 4. The topological polar surface area (TPSA) is 105 Å². The van der Waals surface area contributed by atoms with E-state index < -0.39 is 17.1 Å². The van der Waals surface area contributed by atoms with Crippen LogP contribution in [-0.4, -0.2) is 41.0 Å². The predicted molar refractivity (Wildman–Crippen MR) is 144 cm³/mol. The van der Waals surface area contributed by atoms with E-state index in [-0.39, 0.29) is 24.0 Å². The maximum atomic E-state index is 12.7. The van der Waals surface area contributed by atoms with Gasteiger partial charge in [0.25, 0.3) is 17.1 Å². The third kappa shape index (κ3) is 7.08. The largest absolute Gasteiger partial charge is 0.484 e. The fraction of sp³-hybridized carbons (Fsp3) is 0.143. The number of benzene rings is 3. The molecule has 0 saturated carbocycles. The van der Waals surface area contributed by atoms with Crippen LogP contribution in [0.2, 0.25) is 0 Å². The van der Waals surface area contributed by atoms with Crippen molar-refractivity contribution in [3.05, 3.63) is 94.4 Å². The van der Waals surface area contributed by atoms with Gasteiger partial charge in [0, 0.05) is 11.4 Å². The van der Waals surface area contributed by atoms with Crippen LogP contribution in [0, 0.1) is 13.8 Å². The van der Waals surface area contributed by atoms with E-state index in [0.29, 0.717) is 22.7 Å². The lowest BCUT2D eigenvalue weighted by atomic mass is 10.2. The third-order valence-corrected chi connectivity index (χ3v) is 6.23. The summed E-state index contributed by atoms with van der Waals surface area (Å²) in [6.07, 6.45) is 1.58. The van der Waals surface area contributed by atoms with E-state index in [1.807, 2.05) is 44.2 Å². The Morgan fingerprint density at radius 1 is 0.865 bits per heavy atom. The first-order valence-electron chi connectivity index (χ1n) is 11.5. The van der Waals surface area contributed by atoms with Crippen molar-refractivity contribution in [2.24, 2.45) is 0 Å². The van der Waals surface area contributed by atoms with Gasteiger partial charge in [-0.05, 0) is 84.8 Å². The lowest BCUT2D eigenvalue weighted by Crippen LogP contribution is -2.36. The monoisotopic (exact) mass is 515 g/mol. The number of ether oxygens (including phenoxy) is 1. The minimum Gasteiger partial charge on any atom is -0.484 e. The van der Waals surface area contributed by atoms with Gasteiger partial charge in [-0.2, -0.15) is 0 Å². The van der Waals surface area contributed by atoms with Crippen molar-refractivity contribution in [1.82, 2.24) is 4.90 Å². The molecule has 0 spiro atoms. The first-order chi connectivity index (χ1) is 17.8. The molecule has 9 heteroatoms. The Bertz CT molecular complexity index is 1380. The number of hydrogen-bond acceptors (Lipinski definition) is 6. The van der Waals surface area contributed by atoms with Crippen LogP contribution in [0.25, 0.3) is 6.08 Å². The average Bonchev–Trinajstić information content (AvgIpc) is 3.11. The normalized spacial score (nSPS) is 14.1. The number of carbonyl (C=O) groups is 4. The highest BCUT2D eigenvalue weighted by atomic mass is 32.2. The average molecular weight is 516 g/mol. The molecule has 37 heavy (non-hydrogen) atoms. The van der Waals surface area contributed by atoms with Crippen LogP contribution in [-0.2, 0) is 14.4 Å². The Hall–Kier alpha value is -4.37. The Kier molecular flexibility index (Phi) is 8.05. The first-order valence-corrected chi connectivity index (χ1v) is 12.3. The van der Waals surface area contributed by atoms with Crippen LogP contribution in [0.5, 0.6) is 5.75 Å². The van der Waals surface area contributed by atoms with Crippen molar-refractivity contribution in [2.45, 2.75) is 13.8 Å². The zero-order valence-electron chi connectivity index (χ0n) is 20.3. The summed E-state index contributed by atoms with van der Waals surface area (Å²) in [5, 5.41) is 4.97. The van der Waals surface area contributed by atoms with E-state index in [0.717, 1.165) is 27.8 Å². The molecule has 1 aliphatic heterocycles. The van der Waals surface area contributed by atoms with Crippen molar-refractivity contribution in [3.63, 3.8) is 0 Å². The third-order valence-electron chi connectivity index (χ3n) is 5.33. The summed E-state index contributed by atoms with van der Waals surface area (Å²) in [6, 6.07) is 21.5. The van der Waals surface area contributed by atoms with E-state index >= 15 is 0 Å². The number of nitrogens with one attached hydrogen (secondary N) is 2. The molecule has 0 atom stereocenters. The SMILES string of the molecule is Cc1cccc(NC(=O)COc2ccc(C=C3SC(=O)N(CC(=O)Nc4cccc(C)c4)C3=O)cc2)c1. The second-order valence-electron chi connectivity index (χ2n) is 8.46. The number of hydrogen-bond donors (Lipinski definition) is 2. The van der Waals surface area contributed by atoms with Crippen LogP contribution < -0.4 is 15.4 Å². The number of rotatable bonds is 8. The molecule has 0 unspecified atom stereocenters. The van der Waals surface area contributed by atoms with E-state index in [9.17, 15) is 19.2 Å². The number of amides is 4. The van der Waals surface area contributed by atoms with Gasteiger partial charge in [0.2, 0.25) is 5.91 Å². The summed E-state index contributed by atoms with van der Waals surface area (Å²) in [4.78, 5) is 50.8. The summed E-state index contributed by atoms with van der Waals surface area (Å²) in [5.41, 5.74) is 3.99. The van der Waals surface area contributed by atoms with Gasteiger partial charge in [0.1, 0.15) is 12.3 Å². The zero-order valence-corrected chi connectivity index (χ0v) is 21.1. The van der Waals surface area contributed by atoms with Gasteiger partial charge in [-0.3, -0.25) is 24.1 Å². The van der Waals surface area contributed by atoms with Crippen molar-refractivity contribution < 1.29 is 23.9 Å². The summed E-state index contributed by atoms with van der Waals surface area (Å²) < 4.78 is 5.54. The molecule has 3 aromatic carbocycles. The van der Waals surface area contributed by atoms with Gasteiger partial charge in [-0.25, -0.2) is 0 Å². The van der Waals surface area contributed by atoms with Crippen LogP contribution in [0.3, 0.4) is 0 Å². The van der Waals surface area contributed by atoms with Gasteiger partial charge in [-0.15, -0.1) is 0 Å². The summed E-state index contributed by atoms with van der Waals surface area (Å²) in [6.45, 7) is 3.32. The highest BCUT2D eigenvalue weighted by molar-refractivity contribution is 8.18. The Morgan fingerprint density at radius 3 is 2.05 bits per heavy atom. The smallest absolute Gasteiger partial charge is 0.294 e. The maximum Gasteiger partial charge on any atom is 0.294 e. The molecule has 2 N–H and O–H groups in total. The Balaban J connectivity index is 1.31. The van der Waals surface area contributed by atoms with Gasteiger partial charge >= 0.3 is 0 Å². The van der Waals surface area contributed by atoms with Gasteiger partial charge in [0.15, 0.2) is 6.61 Å². The fourth-order valence-corrected chi connectivity index (χ4v) is 4.42. The molecule has 8 nitrogen and oxygen atoms in total. The highest BCUT2D eigenvalue weighted by Gasteiger charge is 2.36. The number of aryl methyl sites for hydroxylation is 2. The van der Waals surface area contributed by atoms with Crippen LogP contribution in [0.15, 0.2) is 77.7 Å². The summed E-state index contributed by atoms with van der Waals surface area (Å²) >= 11 is 0.782. The second-order valence-corrected chi connectivity index (χ2v) is 9.45. The molecule has 0 bridgehead atoms. The number of thioether (sulfide) groups is 1. The minimum absolute atomic E-state index is 0.156. The maximum absolute atomic E-state index is 12.7. The lowest BCUT2D eigenvalue weighted by molar-refractivity contribution is -0.127. The molecular formula is C28H25N3O5S. The molecular weight excluding hydrogens is 490 g/mol. The number of nitrogens with zero attached hydrogens (tertiary/aromatic N) is 1. The number of imide groups is 1. The molecule has 1 fully saturated rings. The van der Waals surface area contributed by atoms with Crippen molar-refractivity contribution in [1.29, 1.82) is 0 Å². The van der Waals surface area contributed by atoms with Gasteiger partial charge in [-0.1, -0.05) is 36.4 Å². The molecule has 4 amide bonds. The second kappa shape index (κ2) is 11.6. The van der Waals surface area contributed by atoms with Crippen molar-refractivity contribution in [3.8, 4) is 5.75 Å². The molecule has 0 aliphatic carbocycles. The van der Waals surface area contributed by atoms with Gasteiger partial charge in [0.05, 0.1) is 4.91 Å². The molecule has 188 valence electrons. The number of anilines is 2. The molecule has 0 aromatic heterocycles. The molecule has 0 radical (unpaired) electrons. The Labute approximate surface area is 218 Å². The minimum atomic E-state index is -0.525. The van der Waals surface area contributed by atoms with Gasteiger partial charge < -0.3 is 15.4 Å². The Morgan fingerprint density at radius 2 is 1.46 bits per heavy atom. The summed E-state index contributed by atoms with van der Waals surface area (Å²) in [7, 11) is 0. The standard InChI is InChI=1S/C28H25N3O5S/c1-18-5-3-7-21(13-18)29-25(32)16-31-27(34)24(37-28(31)35)15-20-9-11-23(12-10-20)36-17-26(33)30-22-8-4-6-19(2)14-22/h3-15H,16-17H2,1-2H3,(H,29,32)(H,30,33). The fourth-order valence-electron chi connectivity index (χ4n) is 3.58. The predicted octanol–water partition coefficient (Wildman–Crippen LogP) is 5.00. The van der Waals surface area contributed by atoms with Crippen molar-refractivity contribution in [2.75, 3.05) is 23.8 Å². The molecule has 1 heterocycles. The van der Waals surface area contributed by atoms with E-state index in [2.05, 4.69) is 10.6 Å². The first kappa shape index (κ1) is 25.7. The van der Waals surface area contributed by atoms with E-state index in [4.69, 9.17) is 4.74 Å². The van der Waals surface area contributed by atoms with Crippen LogP contribution in [0.4, 0.5) is 16.2 Å². The van der Waals surface area contributed by atoms with E-state index in [1.165, 1.54) is 0 Å². The van der Waals surface area contributed by atoms with Crippen LogP contribution >= 0.6 is 11.8 Å². The summed E-state index contributed by atoms with van der Waals surface area (Å²) in [5.74, 6) is -0.781. The molecule has 4 rings (SSSR count).